The topological polar surface area (TPSA) is 57.6 Å². The maximum absolute atomic E-state index is 12.2. The van der Waals surface area contributed by atoms with Crippen LogP contribution < -0.4 is 0 Å². The first-order chi connectivity index (χ1) is 8.68. The number of rotatable bonds is 2. The van der Waals surface area contributed by atoms with E-state index in [-0.39, 0.29) is 35.7 Å². The molecule has 4 atom stereocenters. The molecule has 1 saturated carbocycles. The number of hydrogen-bond donors (Lipinski definition) is 1. The molecule has 2 amide bonds. The Balaban J connectivity index is 1.73. The van der Waals surface area contributed by atoms with Crippen LogP contribution in [0, 0.1) is 17.8 Å². The van der Waals surface area contributed by atoms with E-state index in [4.69, 9.17) is 0 Å². The molecule has 1 saturated heterocycles. The van der Waals surface area contributed by atoms with Crippen LogP contribution in [0.5, 0.6) is 0 Å². The number of allylic oxidation sites excluding steroid dienone is 2. The zero-order valence-electron chi connectivity index (χ0n) is 10.4. The third-order valence-corrected chi connectivity index (χ3v) is 4.63. The molecule has 0 aromatic heterocycles. The average Bonchev–Trinajstić information content (AvgIpc) is 2.89. The van der Waals surface area contributed by atoms with Crippen LogP contribution in [0.15, 0.2) is 12.2 Å². The lowest BCUT2D eigenvalue weighted by molar-refractivity contribution is -0.141. The predicted molar refractivity (Wildman–Crippen MR) is 65.4 cm³/mol. The van der Waals surface area contributed by atoms with Crippen molar-refractivity contribution in [3.63, 3.8) is 0 Å². The molecular formula is C14H19NO3. The van der Waals surface area contributed by atoms with E-state index in [0.717, 1.165) is 19.3 Å². The molecular weight excluding hydrogens is 230 g/mol. The first kappa shape index (κ1) is 11.9. The smallest absolute Gasteiger partial charge is 0.233 e. The highest BCUT2D eigenvalue weighted by Crippen LogP contribution is 2.37. The summed E-state index contributed by atoms with van der Waals surface area (Å²) in [5.74, 6) is -0.227. The normalized spacial score (nSPS) is 39.5. The minimum absolute atomic E-state index is 0.0200. The average molecular weight is 249 g/mol. The zero-order valence-corrected chi connectivity index (χ0v) is 10.4. The highest BCUT2D eigenvalue weighted by Gasteiger charge is 2.48. The molecule has 0 spiro atoms. The predicted octanol–water partition coefficient (Wildman–Crippen LogP) is 1.10. The molecule has 1 N–H and O–H groups in total. The molecule has 18 heavy (non-hydrogen) atoms. The summed E-state index contributed by atoms with van der Waals surface area (Å²) in [5.41, 5.74) is 0. The first-order valence-corrected chi connectivity index (χ1v) is 6.86. The molecule has 3 aliphatic rings. The van der Waals surface area contributed by atoms with Gasteiger partial charge in [-0.1, -0.05) is 18.6 Å². The van der Waals surface area contributed by atoms with Gasteiger partial charge in [0.1, 0.15) is 0 Å². The van der Waals surface area contributed by atoms with Crippen molar-refractivity contribution in [1.82, 2.24) is 4.90 Å². The molecule has 2 unspecified atom stereocenters. The number of carbonyl (C=O) groups excluding carboxylic acids is 2. The summed E-state index contributed by atoms with van der Waals surface area (Å²) < 4.78 is 0. The van der Waals surface area contributed by atoms with Gasteiger partial charge in [-0.15, -0.1) is 0 Å². The first-order valence-electron chi connectivity index (χ1n) is 6.86. The Labute approximate surface area is 107 Å². The minimum atomic E-state index is -0.341. The maximum atomic E-state index is 12.2. The van der Waals surface area contributed by atoms with Crippen LogP contribution in [0.3, 0.4) is 0 Å². The molecule has 1 aliphatic heterocycles. The molecule has 2 fully saturated rings. The van der Waals surface area contributed by atoms with Gasteiger partial charge in [0, 0.05) is 12.5 Å². The molecule has 0 aromatic carbocycles. The van der Waals surface area contributed by atoms with Crippen LogP contribution in [0.2, 0.25) is 0 Å². The molecule has 0 aromatic rings. The summed E-state index contributed by atoms with van der Waals surface area (Å²) in [6.45, 7) is 0.422. The van der Waals surface area contributed by atoms with E-state index in [0.29, 0.717) is 19.4 Å². The number of amides is 2. The van der Waals surface area contributed by atoms with Gasteiger partial charge in [0.15, 0.2) is 0 Å². The number of fused-ring (bicyclic) bond motifs is 1. The summed E-state index contributed by atoms with van der Waals surface area (Å²) in [5, 5.41) is 9.82. The minimum Gasteiger partial charge on any atom is -0.393 e. The summed E-state index contributed by atoms with van der Waals surface area (Å²) in [6.07, 6.45) is 7.77. The third-order valence-electron chi connectivity index (χ3n) is 4.63. The van der Waals surface area contributed by atoms with Crippen molar-refractivity contribution < 1.29 is 14.7 Å². The lowest BCUT2D eigenvalue weighted by Crippen LogP contribution is -2.37. The quantitative estimate of drug-likeness (QED) is 0.589. The number of aliphatic hydroxyl groups is 1. The van der Waals surface area contributed by atoms with Crippen molar-refractivity contribution in [3.05, 3.63) is 12.2 Å². The molecule has 1 heterocycles. The van der Waals surface area contributed by atoms with E-state index in [2.05, 4.69) is 0 Å². The van der Waals surface area contributed by atoms with Gasteiger partial charge < -0.3 is 5.11 Å². The van der Waals surface area contributed by atoms with E-state index in [1.165, 1.54) is 4.90 Å². The van der Waals surface area contributed by atoms with E-state index >= 15 is 0 Å². The van der Waals surface area contributed by atoms with Gasteiger partial charge in [-0.05, 0) is 25.7 Å². The van der Waals surface area contributed by atoms with E-state index in [1.54, 1.807) is 0 Å². The van der Waals surface area contributed by atoms with Crippen LogP contribution >= 0.6 is 0 Å². The van der Waals surface area contributed by atoms with Gasteiger partial charge in [-0.3, -0.25) is 14.5 Å². The lowest BCUT2D eigenvalue weighted by atomic mass is 9.85. The molecule has 0 bridgehead atoms. The van der Waals surface area contributed by atoms with Crippen LogP contribution in [0.25, 0.3) is 0 Å². The second-order valence-corrected chi connectivity index (χ2v) is 5.70. The Morgan fingerprint density at radius 2 is 1.72 bits per heavy atom. The van der Waals surface area contributed by atoms with Gasteiger partial charge in [0.2, 0.25) is 11.8 Å². The summed E-state index contributed by atoms with van der Waals surface area (Å²) >= 11 is 0. The SMILES string of the molecule is O=C1[C@H]2CC=CC[C@H]2C(=O)N1CC1CCCC1O. The second-order valence-electron chi connectivity index (χ2n) is 5.70. The number of hydrogen-bond acceptors (Lipinski definition) is 3. The van der Waals surface area contributed by atoms with Crippen LogP contribution in [0.1, 0.15) is 32.1 Å². The van der Waals surface area contributed by atoms with Gasteiger partial charge in [-0.25, -0.2) is 0 Å². The Kier molecular flexibility index (Phi) is 2.98. The number of imide groups is 1. The van der Waals surface area contributed by atoms with Gasteiger partial charge in [0.25, 0.3) is 0 Å². The Bertz CT molecular complexity index is 378. The fraction of sp³-hybridized carbons (Fsp3) is 0.714. The van der Waals surface area contributed by atoms with Crippen LogP contribution in [0.4, 0.5) is 0 Å². The molecule has 0 radical (unpaired) electrons. The largest absolute Gasteiger partial charge is 0.393 e. The maximum Gasteiger partial charge on any atom is 0.233 e. The van der Waals surface area contributed by atoms with E-state index < -0.39 is 0 Å². The number of nitrogens with zero attached hydrogens (tertiary/aromatic N) is 1. The Morgan fingerprint density at radius 1 is 1.11 bits per heavy atom. The molecule has 3 rings (SSSR count). The molecule has 98 valence electrons. The Morgan fingerprint density at radius 3 is 2.22 bits per heavy atom. The standard InChI is InChI=1S/C14H19NO3/c16-12-7-3-4-9(12)8-15-13(17)10-5-1-2-6-11(10)14(15)18/h1-2,9-12,16H,3-8H2/t9?,10-,11+,12?. The fourth-order valence-electron chi connectivity index (χ4n) is 3.51. The summed E-state index contributed by atoms with van der Waals surface area (Å²) in [4.78, 5) is 25.9. The lowest BCUT2D eigenvalue weighted by Gasteiger charge is -2.21. The number of likely N-dealkylation sites (tertiary alicyclic amines) is 1. The highest BCUT2D eigenvalue weighted by molar-refractivity contribution is 6.05. The number of carbonyl (C=O) groups is 2. The van der Waals surface area contributed by atoms with Gasteiger partial charge >= 0.3 is 0 Å². The van der Waals surface area contributed by atoms with Crippen molar-refractivity contribution in [2.75, 3.05) is 6.54 Å². The van der Waals surface area contributed by atoms with E-state index in [1.807, 2.05) is 12.2 Å². The van der Waals surface area contributed by atoms with Crippen molar-refractivity contribution in [1.29, 1.82) is 0 Å². The molecule has 4 nitrogen and oxygen atoms in total. The van der Waals surface area contributed by atoms with Crippen molar-refractivity contribution in [2.45, 2.75) is 38.2 Å². The monoisotopic (exact) mass is 249 g/mol. The zero-order chi connectivity index (χ0) is 12.7. The van der Waals surface area contributed by atoms with Crippen LogP contribution in [-0.4, -0.2) is 34.5 Å². The molecule has 2 aliphatic carbocycles. The van der Waals surface area contributed by atoms with Gasteiger partial charge in [0.05, 0.1) is 17.9 Å². The second kappa shape index (κ2) is 4.50. The third kappa shape index (κ3) is 1.79. The summed E-state index contributed by atoms with van der Waals surface area (Å²) in [6, 6.07) is 0. The number of aliphatic hydroxyl groups excluding tert-OH is 1. The van der Waals surface area contributed by atoms with Crippen molar-refractivity contribution >= 4 is 11.8 Å². The van der Waals surface area contributed by atoms with Crippen LogP contribution in [-0.2, 0) is 9.59 Å². The fourth-order valence-corrected chi connectivity index (χ4v) is 3.51. The van der Waals surface area contributed by atoms with E-state index in [9.17, 15) is 14.7 Å². The Hall–Kier alpha value is -1.16. The van der Waals surface area contributed by atoms with Crippen molar-refractivity contribution in [2.24, 2.45) is 17.8 Å². The molecule has 4 heteroatoms. The van der Waals surface area contributed by atoms with Gasteiger partial charge in [-0.2, -0.15) is 0 Å². The van der Waals surface area contributed by atoms with Crippen molar-refractivity contribution in [3.8, 4) is 0 Å². The highest BCUT2D eigenvalue weighted by atomic mass is 16.3. The summed E-state index contributed by atoms with van der Waals surface area (Å²) in [7, 11) is 0.